The first-order chi connectivity index (χ1) is 5.70. The van der Waals surface area contributed by atoms with Gasteiger partial charge in [-0.1, -0.05) is 6.92 Å². The summed E-state index contributed by atoms with van der Waals surface area (Å²) in [6.07, 6.45) is 2.30. The van der Waals surface area contributed by atoms with Gasteiger partial charge in [0.05, 0.1) is 18.8 Å². The van der Waals surface area contributed by atoms with Gasteiger partial charge in [0.1, 0.15) is 0 Å². The lowest BCUT2D eigenvalue weighted by Crippen LogP contribution is -2.38. The van der Waals surface area contributed by atoms with Gasteiger partial charge in [-0.25, -0.2) is 0 Å². The number of ether oxygens (including phenoxy) is 1. The molecule has 1 heterocycles. The van der Waals surface area contributed by atoms with Crippen LogP contribution in [0.2, 0.25) is 0 Å². The van der Waals surface area contributed by atoms with E-state index in [9.17, 15) is 5.11 Å². The normalized spacial score (nSPS) is 53.8. The molecule has 0 bridgehead atoms. The van der Waals surface area contributed by atoms with Crippen LogP contribution in [-0.4, -0.2) is 23.9 Å². The van der Waals surface area contributed by atoms with Crippen molar-refractivity contribution in [2.45, 2.75) is 38.9 Å². The third-order valence-electron chi connectivity index (χ3n) is 3.68. The number of aliphatic hydroxyl groups excluding tert-OH is 1. The first kappa shape index (κ1) is 8.52. The monoisotopic (exact) mass is 170 g/mol. The van der Waals surface area contributed by atoms with Crippen LogP contribution in [0.5, 0.6) is 0 Å². The molecule has 2 fully saturated rings. The molecule has 0 radical (unpaired) electrons. The van der Waals surface area contributed by atoms with Crippen molar-refractivity contribution in [3.05, 3.63) is 0 Å². The Morgan fingerprint density at radius 1 is 1.25 bits per heavy atom. The van der Waals surface area contributed by atoms with E-state index in [-0.39, 0.29) is 12.2 Å². The average Bonchev–Trinajstić information content (AvgIpc) is 2.42. The number of hydrogen-bond donors (Lipinski definition) is 1. The van der Waals surface area contributed by atoms with Gasteiger partial charge in [-0.05, 0) is 31.6 Å². The minimum Gasteiger partial charge on any atom is -0.393 e. The molecule has 1 N–H and O–H groups in total. The standard InChI is InChI=1S/C10H18O2/c1-6-3-4-9(11)10-7(2)12-5-8(6)10/h6-11H,3-5H2,1-2H3/t6-,7+,8?,9?,10?/m1/s1. The molecule has 1 saturated carbocycles. The summed E-state index contributed by atoms with van der Waals surface area (Å²) in [7, 11) is 0. The molecular formula is C10H18O2. The van der Waals surface area contributed by atoms with Crippen LogP contribution in [0.3, 0.4) is 0 Å². The van der Waals surface area contributed by atoms with Gasteiger partial charge in [-0.3, -0.25) is 0 Å². The van der Waals surface area contributed by atoms with E-state index < -0.39 is 0 Å². The van der Waals surface area contributed by atoms with Crippen molar-refractivity contribution in [3.63, 3.8) is 0 Å². The number of fused-ring (bicyclic) bond motifs is 1. The second kappa shape index (κ2) is 3.00. The molecule has 12 heavy (non-hydrogen) atoms. The van der Waals surface area contributed by atoms with Crippen molar-refractivity contribution < 1.29 is 9.84 Å². The van der Waals surface area contributed by atoms with E-state index in [1.165, 1.54) is 6.42 Å². The summed E-state index contributed by atoms with van der Waals surface area (Å²) in [6.45, 7) is 5.24. The fourth-order valence-electron chi connectivity index (χ4n) is 2.82. The maximum atomic E-state index is 9.79. The van der Waals surface area contributed by atoms with Gasteiger partial charge < -0.3 is 9.84 Å². The van der Waals surface area contributed by atoms with E-state index >= 15 is 0 Å². The van der Waals surface area contributed by atoms with Crippen LogP contribution in [-0.2, 0) is 4.74 Å². The highest BCUT2D eigenvalue weighted by Crippen LogP contribution is 2.41. The van der Waals surface area contributed by atoms with Crippen LogP contribution in [0.25, 0.3) is 0 Å². The molecule has 0 aromatic rings. The fourth-order valence-corrected chi connectivity index (χ4v) is 2.82. The second-order valence-electron chi connectivity index (χ2n) is 4.40. The van der Waals surface area contributed by atoms with Crippen molar-refractivity contribution >= 4 is 0 Å². The fraction of sp³-hybridized carbons (Fsp3) is 1.00. The minimum absolute atomic E-state index is 0.108. The predicted octanol–water partition coefficient (Wildman–Crippen LogP) is 1.43. The van der Waals surface area contributed by atoms with Crippen LogP contribution in [0.4, 0.5) is 0 Å². The molecule has 0 aromatic heterocycles. The summed E-state index contributed by atoms with van der Waals surface area (Å²) in [5, 5.41) is 9.79. The van der Waals surface area contributed by atoms with Gasteiger partial charge >= 0.3 is 0 Å². The molecule has 5 atom stereocenters. The van der Waals surface area contributed by atoms with E-state index in [1.807, 2.05) is 0 Å². The Morgan fingerprint density at radius 2 is 2.00 bits per heavy atom. The molecule has 70 valence electrons. The Kier molecular flexibility index (Phi) is 2.13. The Morgan fingerprint density at radius 3 is 2.67 bits per heavy atom. The summed E-state index contributed by atoms with van der Waals surface area (Å²) in [4.78, 5) is 0. The first-order valence-electron chi connectivity index (χ1n) is 5.00. The highest BCUT2D eigenvalue weighted by molar-refractivity contribution is 4.92. The van der Waals surface area contributed by atoms with Crippen LogP contribution < -0.4 is 0 Å². The molecule has 0 spiro atoms. The lowest BCUT2D eigenvalue weighted by molar-refractivity contribution is 0.00694. The second-order valence-corrected chi connectivity index (χ2v) is 4.40. The van der Waals surface area contributed by atoms with Gasteiger partial charge in [-0.2, -0.15) is 0 Å². The van der Waals surface area contributed by atoms with Gasteiger partial charge in [-0.15, -0.1) is 0 Å². The molecule has 2 aliphatic rings. The third-order valence-corrected chi connectivity index (χ3v) is 3.68. The van der Waals surface area contributed by atoms with Crippen molar-refractivity contribution in [1.82, 2.24) is 0 Å². The van der Waals surface area contributed by atoms with Crippen LogP contribution in [0, 0.1) is 17.8 Å². The van der Waals surface area contributed by atoms with E-state index in [4.69, 9.17) is 4.74 Å². The smallest absolute Gasteiger partial charge is 0.0603 e. The van der Waals surface area contributed by atoms with Crippen LogP contribution in [0.15, 0.2) is 0 Å². The quantitative estimate of drug-likeness (QED) is 0.596. The molecule has 1 saturated heterocycles. The summed E-state index contributed by atoms with van der Waals surface area (Å²) in [5.74, 6) is 1.76. The zero-order valence-corrected chi connectivity index (χ0v) is 7.86. The number of rotatable bonds is 0. The van der Waals surface area contributed by atoms with E-state index in [1.54, 1.807) is 0 Å². The van der Waals surface area contributed by atoms with Gasteiger partial charge in [0.15, 0.2) is 0 Å². The molecule has 2 nitrogen and oxygen atoms in total. The van der Waals surface area contributed by atoms with Gasteiger partial charge in [0.25, 0.3) is 0 Å². The molecule has 1 aliphatic carbocycles. The average molecular weight is 170 g/mol. The highest BCUT2D eigenvalue weighted by Gasteiger charge is 2.44. The molecule has 3 unspecified atom stereocenters. The SMILES string of the molecule is C[C@@H]1CCC(O)C2C1CO[C@H]2C. The Balaban J connectivity index is 2.13. The molecule has 0 aromatic carbocycles. The summed E-state index contributed by atoms with van der Waals surface area (Å²) in [6, 6.07) is 0. The third kappa shape index (κ3) is 1.17. The zero-order valence-electron chi connectivity index (χ0n) is 7.86. The van der Waals surface area contributed by atoms with Crippen molar-refractivity contribution in [2.75, 3.05) is 6.61 Å². The topological polar surface area (TPSA) is 29.5 Å². The molecule has 2 rings (SSSR count). The predicted molar refractivity (Wildman–Crippen MR) is 46.8 cm³/mol. The van der Waals surface area contributed by atoms with E-state index in [0.29, 0.717) is 11.8 Å². The first-order valence-corrected chi connectivity index (χ1v) is 5.00. The van der Waals surface area contributed by atoms with E-state index in [0.717, 1.165) is 18.9 Å². The Labute approximate surface area is 73.9 Å². The summed E-state index contributed by atoms with van der Waals surface area (Å²) >= 11 is 0. The van der Waals surface area contributed by atoms with Gasteiger partial charge in [0, 0.05) is 5.92 Å². The van der Waals surface area contributed by atoms with Crippen molar-refractivity contribution in [1.29, 1.82) is 0 Å². The summed E-state index contributed by atoms with van der Waals surface area (Å²) in [5.41, 5.74) is 0. The molecule has 0 amide bonds. The van der Waals surface area contributed by atoms with Gasteiger partial charge in [0.2, 0.25) is 0 Å². The lowest BCUT2D eigenvalue weighted by Gasteiger charge is -2.35. The Bertz CT molecular complexity index is 169. The van der Waals surface area contributed by atoms with Crippen molar-refractivity contribution in [3.8, 4) is 0 Å². The Hall–Kier alpha value is -0.0800. The number of aliphatic hydroxyl groups is 1. The van der Waals surface area contributed by atoms with Crippen LogP contribution in [0.1, 0.15) is 26.7 Å². The molecule has 2 heteroatoms. The maximum Gasteiger partial charge on any atom is 0.0603 e. The zero-order chi connectivity index (χ0) is 8.72. The summed E-state index contributed by atoms with van der Waals surface area (Å²) < 4.78 is 5.58. The van der Waals surface area contributed by atoms with Crippen molar-refractivity contribution in [2.24, 2.45) is 17.8 Å². The number of hydrogen-bond acceptors (Lipinski definition) is 2. The molecule has 1 aliphatic heterocycles. The largest absolute Gasteiger partial charge is 0.393 e. The highest BCUT2D eigenvalue weighted by atomic mass is 16.5. The minimum atomic E-state index is -0.108. The van der Waals surface area contributed by atoms with Crippen LogP contribution >= 0.6 is 0 Å². The maximum absolute atomic E-state index is 9.79. The van der Waals surface area contributed by atoms with E-state index in [2.05, 4.69) is 13.8 Å². The lowest BCUT2D eigenvalue weighted by atomic mass is 9.71. The molecular weight excluding hydrogens is 152 g/mol.